The Morgan fingerprint density at radius 2 is 2.05 bits per heavy atom. The van der Waals surface area contributed by atoms with Gasteiger partial charge in [-0.25, -0.2) is 0 Å². The van der Waals surface area contributed by atoms with E-state index in [-0.39, 0.29) is 6.61 Å². The quantitative estimate of drug-likeness (QED) is 0.833. The maximum absolute atomic E-state index is 8.70. The minimum absolute atomic E-state index is 0.0708. The summed E-state index contributed by atoms with van der Waals surface area (Å²) in [4.78, 5) is 6.32. The first kappa shape index (κ1) is 14.5. The maximum Gasteiger partial charge on any atom is 0.104 e. The van der Waals surface area contributed by atoms with Crippen molar-refractivity contribution in [1.29, 1.82) is 0 Å². The lowest BCUT2D eigenvalue weighted by Crippen LogP contribution is -2.54. The molecule has 0 spiro atoms. The number of hydrogen-bond acceptors (Lipinski definition) is 4. The van der Waals surface area contributed by atoms with Crippen LogP contribution >= 0.6 is 11.3 Å². The molecule has 1 aromatic rings. The molecule has 0 aromatic carbocycles. The van der Waals surface area contributed by atoms with Gasteiger partial charge < -0.3 is 5.11 Å². The number of hydrogen-bond donors (Lipinski definition) is 1. The van der Waals surface area contributed by atoms with Crippen LogP contribution in [-0.4, -0.2) is 53.7 Å². The normalized spacial score (nSPS) is 25.1. The fraction of sp³-hybridized carbons (Fsp3) is 0.600. The van der Waals surface area contributed by atoms with Gasteiger partial charge in [0.05, 0.1) is 0 Å². The Morgan fingerprint density at radius 3 is 2.68 bits per heavy atom. The Morgan fingerprint density at radius 1 is 1.37 bits per heavy atom. The second-order valence-corrected chi connectivity index (χ2v) is 6.31. The van der Waals surface area contributed by atoms with Gasteiger partial charge in [-0.1, -0.05) is 11.8 Å². The Labute approximate surface area is 119 Å². The Bertz CT molecular complexity index is 462. The zero-order valence-electron chi connectivity index (χ0n) is 11.9. The first-order chi connectivity index (χ1) is 9.10. The lowest BCUT2D eigenvalue weighted by Gasteiger charge is -2.42. The highest BCUT2D eigenvalue weighted by atomic mass is 32.1. The van der Waals surface area contributed by atoms with Gasteiger partial charge in [0.1, 0.15) is 6.61 Å². The molecule has 2 atom stereocenters. The number of nitrogens with zero attached hydrogens (tertiary/aromatic N) is 2. The molecule has 2 unspecified atom stereocenters. The van der Waals surface area contributed by atoms with Crippen molar-refractivity contribution in [2.24, 2.45) is 0 Å². The van der Waals surface area contributed by atoms with Crippen LogP contribution < -0.4 is 0 Å². The highest BCUT2D eigenvalue weighted by Crippen LogP contribution is 2.20. The van der Waals surface area contributed by atoms with Crippen LogP contribution in [0.5, 0.6) is 0 Å². The topological polar surface area (TPSA) is 26.7 Å². The van der Waals surface area contributed by atoms with Gasteiger partial charge in [-0.15, -0.1) is 11.3 Å². The first-order valence-corrected chi connectivity index (χ1v) is 7.59. The van der Waals surface area contributed by atoms with Crippen LogP contribution in [-0.2, 0) is 6.54 Å². The third-order valence-electron chi connectivity index (χ3n) is 3.78. The molecule has 1 aliphatic rings. The van der Waals surface area contributed by atoms with Gasteiger partial charge in [0.2, 0.25) is 0 Å². The van der Waals surface area contributed by atoms with Crippen LogP contribution in [0.3, 0.4) is 0 Å². The van der Waals surface area contributed by atoms with E-state index < -0.39 is 0 Å². The van der Waals surface area contributed by atoms with Crippen molar-refractivity contribution in [3.8, 4) is 11.8 Å². The summed E-state index contributed by atoms with van der Waals surface area (Å²) >= 11 is 1.76. The highest BCUT2D eigenvalue weighted by molar-refractivity contribution is 7.10. The minimum atomic E-state index is -0.0708. The summed E-state index contributed by atoms with van der Waals surface area (Å²) < 4.78 is 0. The van der Waals surface area contributed by atoms with Gasteiger partial charge in [-0.05, 0) is 27.0 Å². The van der Waals surface area contributed by atoms with E-state index in [1.54, 1.807) is 11.3 Å². The third-order valence-corrected chi connectivity index (χ3v) is 4.70. The van der Waals surface area contributed by atoms with Crippen molar-refractivity contribution in [2.45, 2.75) is 32.5 Å². The molecule has 2 rings (SSSR count). The Hall–Kier alpha value is -0.860. The Balaban J connectivity index is 1.96. The van der Waals surface area contributed by atoms with Crippen LogP contribution in [0.2, 0.25) is 0 Å². The minimum Gasteiger partial charge on any atom is -0.384 e. The molecule has 0 amide bonds. The van der Waals surface area contributed by atoms with Crippen LogP contribution in [0, 0.1) is 11.8 Å². The molecule has 4 heteroatoms. The van der Waals surface area contributed by atoms with E-state index in [0.717, 1.165) is 25.2 Å². The fourth-order valence-corrected chi connectivity index (χ4v) is 3.39. The molecule has 1 N–H and O–H groups in total. The summed E-state index contributed by atoms with van der Waals surface area (Å²) in [6.45, 7) is 7.75. The summed E-state index contributed by atoms with van der Waals surface area (Å²) in [5, 5.41) is 10.8. The van der Waals surface area contributed by atoms with Crippen LogP contribution in [0.1, 0.15) is 24.3 Å². The number of aliphatic hydroxyl groups is 1. The summed E-state index contributed by atoms with van der Waals surface area (Å²) in [5.74, 6) is 5.65. The van der Waals surface area contributed by atoms with Crippen molar-refractivity contribution < 1.29 is 5.11 Å². The zero-order chi connectivity index (χ0) is 13.8. The third kappa shape index (κ3) is 3.80. The number of thiophene rings is 1. The summed E-state index contributed by atoms with van der Waals surface area (Å²) in [7, 11) is 2.21. The van der Waals surface area contributed by atoms with Crippen molar-refractivity contribution in [3.63, 3.8) is 0 Å². The second kappa shape index (κ2) is 6.53. The average Bonchev–Trinajstić information content (AvgIpc) is 2.81. The van der Waals surface area contributed by atoms with E-state index in [1.807, 2.05) is 0 Å². The number of rotatable bonds is 2. The van der Waals surface area contributed by atoms with Crippen molar-refractivity contribution in [2.75, 3.05) is 26.7 Å². The number of aliphatic hydroxyl groups excluding tert-OH is 1. The molecular formula is C15H22N2OS. The smallest absolute Gasteiger partial charge is 0.104 e. The van der Waals surface area contributed by atoms with E-state index in [2.05, 4.69) is 54.0 Å². The van der Waals surface area contributed by atoms with E-state index in [0.29, 0.717) is 12.1 Å². The van der Waals surface area contributed by atoms with Gasteiger partial charge in [0.25, 0.3) is 0 Å². The number of piperazine rings is 1. The average molecular weight is 278 g/mol. The van der Waals surface area contributed by atoms with Gasteiger partial charge in [0.15, 0.2) is 0 Å². The standard InChI is InChI=1S/C15H22N2OS/c1-12-8-17(9-13(2)16(12)3)10-15-7-14(11-19-15)5-4-6-18/h7,11-13,18H,6,8-10H2,1-3H3. The maximum atomic E-state index is 8.70. The number of likely N-dealkylation sites (N-methyl/N-ethyl adjacent to an activating group) is 1. The molecule has 0 saturated carbocycles. The summed E-state index contributed by atoms with van der Waals surface area (Å²) in [6.07, 6.45) is 0. The van der Waals surface area contributed by atoms with Crippen LogP contribution in [0.15, 0.2) is 11.4 Å². The van der Waals surface area contributed by atoms with Crippen molar-refractivity contribution >= 4 is 11.3 Å². The molecular weight excluding hydrogens is 256 g/mol. The molecule has 1 aliphatic heterocycles. The van der Waals surface area contributed by atoms with Crippen molar-refractivity contribution in [3.05, 3.63) is 21.9 Å². The van der Waals surface area contributed by atoms with E-state index in [4.69, 9.17) is 5.11 Å². The molecule has 1 fully saturated rings. The van der Waals surface area contributed by atoms with E-state index in [1.165, 1.54) is 4.88 Å². The molecule has 1 saturated heterocycles. The van der Waals surface area contributed by atoms with Gasteiger partial charge in [-0.2, -0.15) is 0 Å². The van der Waals surface area contributed by atoms with Crippen LogP contribution in [0.25, 0.3) is 0 Å². The molecule has 19 heavy (non-hydrogen) atoms. The summed E-state index contributed by atoms with van der Waals surface area (Å²) in [6, 6.07) is 3.36. The lowest BCUT2D eigenvalue weighted by atomic mass is 10.1. The van der Waals surface area contributed by atoms with Gasteiger partial charge in [-0.3, -0.25) is 9.80 Å². The lowest BCUT2D eigenvalue weighted by molar-refractivity contribution is 0.0562. The molecule has 0 aliphatic carbocycles. The van der Waals surface area contributed by atoms with E-state index >= 15 is 0 Å². The molecule has 0 bridgehead atoms. The predicted octanol–water partition coefficient (Wildman–Crippen LogP) is 1.62. The zero-order valence-corrected chi connectivity index (χ0v) is 12.7. The second-order valence-electron chi connectivity index (χ2n) is 5.32. The monoisotopic (exact) mass is 278 g/mol. The fourth-order valence-electron chi connectivity index (χ4n) is 2.53. The molecule has 3 nitrogen and oxygen atoms in total. The molecule has 2 heterocycles. The molecule has 104 valence electrons. The molecule has 0 radical (unpaired) electrons. The first-order valence-electron chi connectivity index (χ1n) is 6.71. The van der Waals surface area contributed by atoms with E-state index in [9.17, 15) is 0 Å². The largest absolute Gasteiger partial charge is 0.384 e. The molecule has 1 aromatic heterocycles. The van der Waals surface area contributed by atoms with Crippen molar-refractivity contribution in [1.82, 2.24) is 9.80 Å². The van der Waals surface area contributed by atoms with Gasteiger partial charge >= 0.3 is 0 Å². The van der Waals surface area contributed by atoms with Crippen LogP contribution in [0.4, 0.5) is 0 Å². The highest BCUT2D eigenvalue weighted by Gasteiger charge is 2.26. The SMILES string of the molecule is CC1CN(Cc2cc(C#CCO)cs2)CC(C)N1C. The predicted molar refractivity (Wildman–Crippen MR) is 80.2 cm³/mol. The van der Waals surface area contributed by atoms with Gasteiger partial charge in [0, 0.05) is 47.5 Å². The Kier molecular flexibility index (Phi) is 5.00. The summed E-state index contributed by atoms with van der Waals surface area (Å²) in [5.41, 5.74) is 1.02.